The lowest BCUT2D eigenvalue weighted by Crippen LogP contribution is -2.29. The average Bonchev–Trinajstić information content (AvgIpc) is 3.13. The van der Waals surface area contributed by atoms with Gasteiger partial charge < -0.3 is 20.1 Å². The van der Waals surface area contributed by atoms with E-state index >= 15 is 0 Å². The highest BCUT2D eigenvalue weighted by Crippen LogP contribution is 2.43. The van der Waals surface area contributed by atoms with Crippen molar-refractivity contribution in [2.24, 2.45) is 5.73 Å². The molecule has 0 fully saturated rings. The van der Waals surface area contributed by atoms with E-state index in [-0.39, 0.29) is 32.6 Å². The zero-order valence-corrected chi connectivity index (χ0v) is 34.4. The molecule has 0 aromatic rings. The maximum Gasteiger partial charge on any atom is 0.472 e. The molecule has 52 heavy (non-hydrogen) atoms. The summed E-state index contributed by atoms with van der Waals surface area (Å²) in [5.41, 5.74) is 5.34. The number of rotatable bonds is 40. The van der Waals surface area contributed by atoms with Crippen molar-refractivity contribution < 1.29 is 37.6 Å². The van der Waals surface area contributed by atoms with Gasteiger partial charge in [-0.05, 0) is 64.2 Å². The molecule has 0 bridgehead atoms. The molecular weight excluding hydrogens is 677 g/mol. The fourth-order valence-electron chi connectivity index (χ4n) is 5.86. The van der Waals surface area contributed by atoms with Gasteiger partial charge in [0.25, 0.3) is 0 Å². The zero-order chi connectivity index (χ0) is 38.2. The first-order chi connectivity index (χ1) is 25.3. The molecule has 2 atom stereocenters. The third-order valence-corrected chi connectivity index (χ3v) is 10.0. The van der Waals surface area contributed by atoms with Crippen molar-refractivity contribution in [1.29, 1.82) is 0 Å². The second kappa shape index (κ2) is 39.2. The van der Waals surface area contributed by atoms with Crippen molar-refractivity contribution in [3.63, 3.8) is 0 Å². The Kier molecular flexibility index (Phi) is 38.1. The summed E-state index contributed by atoms with van der Waals surface area (Å²) in [5.74, 6) is -0.839. The Morgan fingerprint density at radius 2 is 0.942 bits per heavy atom. The first kappa shape index (κ1) is 50.5. The molecule has 0 aliphatic carbocycles. The van der Waals surface area contributed by atoms with Crippen LogP contribution in [0.25, 0.3) is 0 Å². The molecule has 0 radical (unpaired) electrons. The maximum absolute atomic E-state index is 12.6. The predicted molar refractivity (Wildman–Crippen MR) is 215 cm³/mol. The second-order valence-electron chi connectivity index (χ2n) is 14.2. The monoisotopic (exact) mass is 758 g/mol. The lowest BCUT2D eigenvalue weighted by atomic mass is 10.1. The van der Waals surface area contributed by atoms with Crippen LogP contribution >= 0.6 is 7.82 Å². The van der Waals surface area contributed by atoms with Gasteiger partial charge in [0.2, 0.25) is 0 Å². The standard InChI is InChI=1S/C42H80NO8P/c1-3-5-7-9-11-13-15-17-19-20-21-23-25-27-29-31-33-35-42(45)51-40(39-50-52(46,47)49-37-36-43)38-48-41(44)34-32-30-28-26-24-22-18-16-14-12-10-8-6-4-2/h16-19,40H,3-15,20-39,43H2,1-2H3,(H,46,47)/b18-16-,19-17-/t40-/m1/s1. The third-order valence-electron chi connectivity index (χ3n) is 9.06. The molecule has 0 spiro atoms. The molecule has 0 amide bonds. The van der Waals surface area contributed by atoms with E-state index < -0.39 is 32.5 Å². The topological polar surface area (TPSA) is 134 Å². The minimum atomic E-state index is -4.37. The fraction of sp³-hybridized carbons (Fsp3) is 0.857. The van der Waals surface area contributed by atoms with E-state index in [4.69, 9.17) is 24.3 Å². The molecule has 0 saturated carbocycles. The molecule has 0 saturated heterocycles. The van der Waals surface area contributed by atoms with Crippen LogP contribution in [0, 0.1) is 0 Å². The van der Waals surface area contributed by atoms with Crippen LogP contribution < -0.4 is 5.73 Å². The zero-order valence-electron chi connectivity index (χ0n) is 33.6. The predicted octanol–water partition coefficient (Wildman–Crippen LogP) is 12.0. The van der Waals surface area contributed by atoms with Crippen LogP contribution in [0.15, 0.2) is 24.3 Å². The first-order valence-electron chi connectivity index (χ1n) is 21.3. The minimum Gasteiger partial charge on any atom is -0.462 e. The highest BCUT2D eigenvalue weighted by Gasteiger charge is 2.26. The van der Waals surface area contributed by atoms with Gasteiger partial charge in [-0.25, -0.2) is 4.57 Å². The maximum atomic E-state index is 12.6. The van der Waals surface area contributed by atoms with E-state index in [1.807, 2.05) is 0 Å². The lowest BCUT2D eigenvalue weighted by Gasteiger charge is -2.19. The van der Waals surface area contributed by atoms with Gasteiger partial charge in [0.15, 0.2) is 6.10 Å². The molecule has 9 nitrogen and oxygen atoms in total. The van der Waals surface area contributed by atoms with Crippen LogP contribution in [0.1, 0.15) is 200 Å². The number of hydrogen-bond donors (Lipinski definition) is 2. The van der Waals surface area contributed by atoms with E-state index in [0.29, 0.717) is 6.42 Å². The van der Waals surface area contributed by atoms with Gasteiger partial charge in [-0.2, -0.15) is 0 Å². The molecule has 0 aliphatic heterocycles. The molecule has 0 aromatic heterocycles. The highest BCUT2D eigenvalue weighted by atomic mass is 31.2. The Hall–Kier alpha value is -1.51. The van der Waals surface area contributed by atoms with E-state index in [2.05, 4.69) is 38.2 Å². The molecule has 0 aromatic carbocycles. The van der Waals surface area contributed by atoms with Crippen LogP contribution in [0.5, 0.6) is 0 Å². The van der Waals surface area contributed by atoms with Crippen LogP contribution in [0.3, 0.4) is 0 Å². The quantitative estimate of drug-likeness (QED) is 0.0271. The number of phosphoric acid groups is 1. The summed E-state index contributed by atoms with van der Waals surface area (Å²) in [5, 5.41) is 0. The molecular formula is C42H80NO8P. The average molecular weight is 758 g/mol. The highest BCUT2D eigenvalue weighted by molar-refractivity contribution is 7.47. The number of esters is 2. The molecule has 10 heteroatoms. The van der Waals surface area contributed by atoms with Crippen molar-refractivity contribution >= 4 is 19.8 Å². The van der Waals surface area contributed by atoms with E-state index in [9.17, 15) is 19.0 Å². The van der Waals surface area contributed by atoms with E-state index in [0.717, 1.165) is 64.2 Å². The lowest BCUT2D eigenvalue weighted by molar-refractivity contribution is -0.161. The number of ether oxygens (including phenoxy) is 2. The van der Waals surface area contributed by atoms with Crippen molar-refractivity contribution in [1.82, 2.24) is 0 Å². The van der Waals surface area contributed by atoms with Crippen molar-refractivity contribution in [3.05, 3.63) is 24.3 Å². The smallest absolute Gasteiger partial charge is 0.462 e. The van der Waals surface area contributed by atoms with E-state index in [1.54, 1.807) is 0 Å². The number of hydrogen-bond acceptors (Lipinski definition) is 8. The summed E-state index contributed by atoms with van der Waals surface area (Å²) in [4.78, 5) is 34.8. The Morgan fingerprint density at radius 1 is 0.558 bits per heavy atom. The summed E-state index contributed by atoms with van der Waals surface area (Å²) in [6.45, 7) is 3.71. The van der Waals surface area contributed by atoms with Crippen molar-refractivity contribution in [2.75, 3.05) is 26.4 Å². The van der Waals surface area contributed by atoms with Gasteiger partial charge in [0, 0.05) is 19.4 Å². The molecule has 0 aliphatic rings. The van der Waals surface area contributed by atoms with Gasteiger partial charge in [-0.1, -0.05) is 147 Å². The number of unbranched alkanes of at least 4 members (excludes halogenated alkanes) is 23. The van der Waals surface area contributed by atoms with Gasteiger partial charge in [-0.15, -0.1) is 0 Å². The largest absolute Gasteiger partial charge is 0.472 e. The Labute approximate surface area is 319 Å². The minimum absolute atomic E-state index is 0.0525. The number of carbonyl (C=O) groups excluding carboxylic acids is 2. The van der Waals surface area contributed by atoms with Crippen LogP contribution in [0.2, 0.25) is 0 Å². The van der Waals surface area contributed by atoms with Gasteiger partial charge in [0.1, 0.15) is 6.61 Å². The van der Waals surface area contributed by atoms with E-state index in [1.165, 1.54) is 103 Å². The fourth-order valence-corrected chi connectivity index (χ4v) is 6.62. The van der Waals surface area contributed by atoms with Gasteiger partial charge in [0.05, 0.1) is 13.2 Å². The summed E-state index contributed by atoms with van der Waals surface area (Å²) in [6, 6.07) is 0. The SMILES string of the molecule is CCCCCCC/C=C\CCCCCCCC(=O)OC[C@H](COP(=O)(O)OCCN)OC(=O)CCCCCCCCC/C=C\CCCCCCCC. The van der Waals surface area contributed by atoms with Gasteiger partial charge in [-0.3, -0.25) is 18.6 Å². The van der Waals surface area contributed by atoms with Crippen molar-refractivity contribution in [2.45, 2.75) is 206 Å². The Morgan fingerprint density at radius 3 is 1.37 bits per heavy atom. The molecule has 1 unspecified atom stereocenters. The van der Waals surface area contributed by atoms with Gasteiger partial charge >= 0.3 is 19.8 Å². The Balaban J connectivity index is 4.17. The molecule has 0 rings (SSSR count). The Bertz CT molecular complexity index is 912. The summed E-state index contributed by atoms with van der Waals surface area (Å²) in [6.07, 6.45) is 40.6. The number of phosphoric ester groups is 1. The van der Waals surface area contributed by atoms with Crippen LogP contribution in [-0.4, -0.2) is 49.3 Å². The number of nitrogens with two attached hydrogens (primary N) is 1. The third kappa shape index (κ3) is 38.2. The summed E-state index contributed by atoms with van der Waals surface area (Å²) in [7, 11) is -4.37. The molecule has 0 heterocycles. The van der Waals surface area contributed by atoms with Crippen molar-refractivity contribution in [3.8, 4) is 0 Å². The van der Waals surface area contributed by atoms with Crippen LogP contribution in [-0.2, 0) is 32.7 Å². The number of allylic oxidation sites excluding steroid dienone is 4. The summed E-state index contributed by atoms with van der Waals surface area (Å²) >= 11 is 0. The van der Waals surface area contributed by atoms with Crippen LogP contribution in [0.4, 0.5) is 0 Å². The summed E-state index contributed by atoms with van der Waals surface area (Å²) < 4.78 is 32.7. The molecule has 306 valence electrons. The number of carbonyl (C=O) groups is 2. The second-order valence-corrected chi connectivity index (χ2v) is 15.7. The first-order valence-corrected chi connectivity index (χ1v) is 22.8. The normalized spacial score (nSPS) is 13.5. The molecule has 3 N–H and O–H groups in total.